The average Bonchev–Trinajstić information content (AvgIpc) is 3.60. The van der Waals surface area contributed by atoms with Crippen LogP contribution in [0.15, 0.2) is 94.7 Å². The zero-order valence-electron chi connectivity index (χ0n) is 16.6. The summed E-state index contributed by atoms with van der Waals surface area (Å²) in [5, 5.41) is 12.3. The van der Waals surface area contributed by atoms with Crippen LogP contribution in [-0.4, -0.2) is 15.7 Å². The van der Waals surface area contributed by atoms with E-state index in [9.17, 15) is 0 Å². The highest BCUT2D eigenvalue weighted by atomic mass is 32.1. The molecule has 0 bridgehead atoms. The second-order valence-corrected chi connectivity index (χ2v) is 9.29. The van der Waals surface area contributed by atoms with Gasteiger partial charge in [0.05, 0.1) is 27.8 Å². The molecule has 4 nitrogen and oxygen atoms in total. The molecule has 0 amide bonds. The van der Waals surface area contributed by atoms with Crippen molar-refractivity contribution < 1.29 is 0 Å². The summed E-state index contributed by atoms with van der Waals surface area (Å²) < 4.78 is 0. The third kappa shape index (κ3) is 3.34. The quantitative estimate of drug-likeness (QED) is 0.311. The highest BCUT2D eigenvalue weighted by molar-refractivity contribution is 7.12. The van der Waals surface area contributed by atoms with Gasteiger partial charge in [0.25, 0.3) is 0 Å². The fourth-order valence-corrected chi connectivity index (χ4v) is 5.50. The molecule has 0 N–H and O–H groups in total. The molecule has 0 saturated heterocycles. The van der Waals surface area contributed by atoms with E-state index in [4.69, 9.17) is 15.1 Å². The van der Waals surface area contributed by atoms with Gasteiger partial charge in [0.1, 0.15) is 0 Å². The number of anilines is 1. The molecule has 0 radical (unpaired) electrons. The lowest BCUT2D eigenvalue weighted by Gasteiger charge is -2.21. The molecular weight excluding hydrogens is 420 g/mol. The normalized spacial score (nSPS) is 16.1. The largest absolute Gasteiger partial charge is 0.247 e. The second-order valence-electron chi connectivity index (χ2n) is 7.36. The maximum atomic E-state index is 5.04. The van der Waals surface area contributed by atoms with Gasteiger partial charge >= 0.3 is 0 Å². The van der Waals surface area contributed by atoms with Crippen LogP contribution in [0.1, 0.15) is 22.2 Å². The molecule has 4 heterocycles. The smallest absolute Gasteiger partial charge is 0.223 e. The molecule has 0 unspecified atom stereocenters. The minimum atomic E-state index is 0.0990. The van der Waals surface area contributed by atoms with Crippen molar-refractivity contribution in [1.82, 2.24) is 9.97 Å². The number of benzene rings is 2. The number of thiophene rings is 2. The van der Waals surface area contributed by atoms with Gasteiger partial charge in [0, 0.05) is 22.2 Å². The van der Waals surface area contributed by atoms with Crippen LogP contribution in [0.25, 0.3) is 22.2 Å². The summed E-state index contributed by atoms with van der Waals surface area (Å²) in [5.41, 5.74) is 4.03. The molecule has 0 fully saturated rings. The van der Waals surface area contributed by atoms with E-state index < -0.39 is 0 Å². The van der Waals surface area contributed by atoms with Gasteiger partial charge in [0.15, 0.2) is 0 Å². The summed E-state index contributed by atoms with van der Waals surface area (Å²) in [5.74, 6) is 0.641. The van der Waals surface area contributed by atoms with Gasteiger partial charge in [0.2, 0.25) is 5.95 Å². The molecule has 0 spiro atoms. The molecule has 2 aromatic carbocycles. The number of fused-ring (bicyclic) bond motifs is 1. The molecule has 1 aliphatic rings. The third-order valence-corrected chi connectivity index (χ3v) is 7.32. The van der Waals surface area contributed by atoms with Crippen molar-refractivity contribution in [3.05, 3.63) is 99.4 Å². The summed E-state index contributed by atoms with van der Waals surface area (Å²) in [6.07, 6.45) is 0.845. The number of nitrogens with zero attached hydrogens (tertiary/aromatic N) is 4. The molecule has 6 rings (SSSR count). The molecule has 1 atom stereocenters. The predicted octanol–water partition coefficient (Wildman–Crippen LogP) is 6.78. The third-order valence-electron chi connectivity index (χ3n) is 5.43. The summed E-state index contributed by atoms with van der Waals surface area (Å²) in [7, 11) is 0. The Morgan fingerprint density at radius 1 is 0.774 bits per heavy atom. The lowest BCUT2D eigenvalue weighted by molar-refractivity contribution is 0.700. The minimum absolute atomic E-state index is 0.0990. The monoisotopic (exact) mass is 438 g/mol. The summed E-state index contributed by atoms with van der Waals surface area (Å²) >= 11 is 3.48. The number of aromatic nitrogens is 2. The highest BCUT2D eigenvalue weighted by Gasteiger charge is 2.33. The van der Waals surface area contributed by atoms with Crippen LogP contribution < -0.4 is 5.01 Å². The zero-order chi connectivity index (χ0) is 20.6. The van der Waals surface area contributed by atoms with E-state index in [2.05, 4.69) is 53.2 Å². The Kier molecular flexibility index (Phi) is 4.59. The van der Waals surface area contributed by atoms with E-state index >= 15 is 0 Å². The van der Waals surface area contributed by atoms with Gasteiger partial charge in [-0.2, -0.15) is 5.10 Å². The summed E-state index contributed by atoms with van der Waals surface area (Å²) in [6.45, 7) is 0. The topological polar surface area (TPSA) is 41.4 Å². The number of rotatable bonds is 4. The van der Waals surface area contributed by atoms with Crippen LogP contribution in [0.3, 0.4) is 0 Å². The van der Waals surface area contributed by atoms with Crippen molar-refractivity contribution in [1.29, 1.82) is 0 Å². The SMILES string of the molecule is c1ccc(-c2nc(N3N=C(c4cccs4)C[C@H]3c3cccs3)nc3ccccc23)cc1. The standard InChI is InChI=1S/C25H18N4S2/c1-2-8-17(9-3-1)24-18-10-4-5-11-19(18)26-25(27-24)29-21(23-13-7-15-31-23)16-20(28-29)22-12-6-14-30-22/h1-15,21H,16H2/t21-/m0/s1. The van der Waals surface area contributed by atoms with Crippen molar-refractivity contribution in [3.8, 4) is 11.3 Å². The molecule has 0 aliphatic carbocycles. The van der Waals surface area contributed by atoms with Crippen LogP contribution in [-0.2, 0) is 0 Å². The second kappa shape index (κ2) is 7.72. The van der Waals surface area contributed by atoms with E-state index in [-0.39, 0.29) is 6.04 Å². The zero-order valence-corrected chi connectivity index (χ0v) is 18.2. The van der Waals surface area contributed by atoms with Crippen LogP contribution >= 0.6 is 22.7 Å². The molecule has 1 aliphatic heterocycles. The minimum Gasteiger partial charge on any atom is -0.223 e. The Morgan fingerprint density at radius 2 is 1.58 bits per heavy atom. The van der Waals surface area contributed by atoms with Crippen molar-refractivity contribution in [2.75, 3.05) is 5.01 Å². The number of hydrogen-bond donors (Lipinski definition) is 0. The van der Waals surface area contributed by atoms with Crippen LogP contribution in [0.4, 0.5) is 5.95 Å². The number of hydrogen-bond acceptors (Lipinski definition) is 6. The highest BCUT2D eigenvalue weighted by Crippen LogP contribution is 2.39. The summed E-state index contributed by atoms with van der Waals surface area (Å²) in [4.78, 5) is 12.5. The first-order valence-electron chi connectivity index (χ1n) is 10.1. The Labute approximate surface area is 188 Å². The number of para-hydroxylation sites is 1. The van der Waals surface area contributed by atoms with E-state index in [0.29, 0.717) is 5.95 Å². The fourth-order valence-electron chi connectivity index (χ4n) is 3.97. The molecule has 31 heavy (non-hydrogen) atoms. The molecule has 3 aromatic heterocycles. The average molecular weight is 439 g/mol. The number of hydrazone groups is 1. The van der Waals surface area contributed by atoms with E-state index in [1.54, 1.807) is 22.7 Å². The lowest BCUT2D eigenvalue weighted by Crippen LogP contribution is -2.20. The van der Waals surface area contributed by atoms with Gasteiger partial charge in [-0.1, -0.05) is 60.7 Å². The molecule has 6 heteroatoms. The van der Waals surface area contributed by atoms with E-state index in [1.165, 1.54) is 9.75 Å². The Balaban J connectivity index is 1.54. The molecule has 5 aromatic rings. The van der Waals surface area contributed by atoms with Crippen LogP contribution in [0, 0.1) is 0 Å². The first-order valence-corrected chi connectivity index (χ1v) is 11.9. The Morgan fingerprint density at radius 3 is 2.39 bits per heavy atom. The van der Waals surface area contributed by atoms with Gasteiger partial charge in [-0.15, -0.1) is 22.7 Å². The maximum Gasteiger partial charge on any atom is 0.247 e. The Bertz CT molecular complexity index is 1360. The fraction of sp³-hybridized carbons (Fsp3) is 0.0800. The maximum absolute atomic E-state index is 5.04. The molecular formula is C25H18N4S2. The van der Waals surface area contributed by atoms with Crippen LogP contribution in [0.2, 0.25) is 0 Å². The molecule has 150 valence electrons. The van der Waals surface area contributed by atoms with Crippen LogP contribution in [0.5, 0.6) is 0 Å². The van der Waals surface area contributed by atoms with Crippen molar-refractivity contribution >= 4 is 45.2 Å². The van der Waals surface area contributed by atoms with Gasteiger partial charge in [-0.05, 0) is 29.0 Å². The predicted molar refractivity (Wildman–Crippen MR) is 130 cm³/mol. The summed E-state index contributed by atoms with van der Waals surface area (Å²) in [6, 6.07) is 27.1. The molecule has 0 saturated carbocycles. The van der Waals surface area contributed by atoms with Gasteiger partial charge in [-0.25, -0.2) is 15.0 Å². The Hall–Kier alpha value is -3.35. The first-order chi connectivity index (χ1) is 15.4. The van der Waals surface area contributed by atoms with Crippen molar-refractivity contribution in [3.63, 3.8) is 0 Å². The van der Waals surface area contributed by atoms with E-state index in [0.717, 1.165) is 34.3 Å². The van der Waals surface area contributed by atoms with Crippen molar-refractivity contribution in [2.24, 2.45) is 5.10 Å². The van der Waals surface area contributed by atoms with Gasteiger partial charge in [-0.3, -0.25) is 0 Å². The van der Waals surface area contributed by atoms with E-state index in [1.807, 2.05) is 41.4 Å². The van der Waals surface area contributed by atoms with Crippen molar-refractivity contribution in [2.45, 2.75) is 12.5 Å². The van der Waals surface area contributed by atoms with Gasteiger partial charge < -0.3 is 0 Å². The first kappa shape index (κ1) is 18.4. The lowest BCUT2D eigenvalue weighted by atomic mass is 10.1.